The van der Waals surface area contributed by atoms with E-state index in [1.165, 1.54) is 6.08 Å². The molecule has 0 aromatic carbocycles. The summed E-state index contributed by atoms with van der Waals surface area (Å²) in [5.41, 5.74) is 8.45. The van der Waals surface area contributed by atoms with Crippen LogP contribution in [0.5, 0.6) is 0 Å². The van der Waals surface area contributed by atoms with Crippen LogP contribution < -0.4 is 0 Å². The SMILES string of the molecule is CCOC(=O)/C(=C\c1ccccn1)C(=O)COCCN=[N+]=[N-]. The monoisotopic (exact) mass is 304 g/mol. The van der Waals surface area contributed by atoms with E-state index in [1.54, 1.807) is 31.3 Å². The number of Topliss-reactive ketones (excluding diaryl/α,β-unsaturated/α-hetero) is 1. The number of pyridine rings is 1. The second kappa shape index (κ2) is 10.1. The van der Waals surface area contributed by atoms with Gasteiger partial charge in [0.15, 0.2) is 5.78 Å². The lowest BCUT2D eigenvalue weighted by Gasteiger charge is -2.06. The normalized spacial score (nSPS) is 10.7. The molecule has 0 spiro atoms. The molecule has 8 heteroatoms. The number of ketones is 1. The van der Waals surface area contributed by atoms with Gasteiger partial charge in [-0.15, -0.1) is 0 Å². The summed E-state index contributed by atoms with van der Waals surface area (Å²) in [7, 11) is 0. The number of nitrogens with zero attached hydrogens (tertiary/aromatic N) is 4. The number of hydrogen-bond donors (Lipinski definition) is 0. The van der Waals surface area contributed by atoms with Gasteiger partial charge >= 0.3 is 5.97 Å². The van der Waals surface area contributed by atoms with Crippen molar-refractivity contribution in [1.82, 2.24) is 4.98 Å². The lowest BCUT2D eigenvalue weighted by molar-refractivity contribution is -0.140. The maximum Gasteiger partial charge on any atom is 0.341 e. The second-order valence-corrected chi connectivity index (χ2v) is 3.96. The predicted octanol–water partition coefficient (Wildman–Crippen LogP) is 1.92. The van der Waals surface area contributed by atoms with E-state index in [9.17, 15) is 9.59 Å². The highest BCUT2D eigenvalue weighted by Gasteiger charge is 2.19. The topological polar surface area (TPSA) is 114 Å². The molecule has 0 N–H and O–H groups in total. The summed E-state index contributed by atoms with van der Waals surface area (Å²) in [4.78, 5) is 30.5. The van der Waals surface area contributed by atoms with Crippen LogP contribution in [0.25, 0.3) is 16.5 Å². The molecule has 0 unspecified atom stereocenters. The van der Waals surface area contributed by atoms with Gasteiger partial charge in [-0.3, -0.25) is 9.78 Å². The van der Waals surface area contributed by atoms with Gasteiger partial charge in [0.1, 0.15) is 12.2 Å². The Morgan fingerprint density at radius 2 is 2.27 bits per heavy atom. The highest BCUT2D eigenvalue weighted by atomic mass is 16.5. The standard InChI is InChI=1S/C14H16N4O4/c1-2-22-14(20)12(9-11-5-3-4-6-16-11)13(19)10-21-8-7-17-18-15/h3-6,9H,2,7-8,10H2,1H3/b12-9-. The summed E-state index contributed by atoms with van der Waals surface area (Å²) < 4.78 is 9.93. The summed E-state index contributed by atoms with van der Waals surface area (Å²) in [5.74, 6) is -1.25. The van der Waals surface area contributed by atoms with Crippen molar-refractivity contribution >= 4 is 17.8 Å². The molecule has 0 fully saturated rings. The molecule has 8 nitrogen and oxygen atoms in total. The van der Waals surface area contributed by atoms with Crippen LogP contribution >= 0.6 is 0 Å². The van der Waals surface area contributed by atoms with E-state index >= 15 is 0 Å². The van der Waals surface area contributed by atoms with E-state index < -0.39 is 11.8 Å². The molecule has 0 saturated heterocycles. The van der Waals surface area contributed by atoms with Crippen LogP contribution in [-0.2, 0) is 19.1 Å². The van der Waals surface area contributed by atoms with E-state index in [0.29, 0.717) is 5.69 Å². The van der Waals surface area contributed by atoms with Crippen molar-refractivity contribution in [2.75, 3.05) is 26.4 Å². The van der Waals surface area contributed by atoms with Crippen LogP contribution in [-0.4, -0.2) is 43.1 Å². The van der Waals surface area contributed by atoms with Crippen molar-refractivity contribution in [2.45, 2.75) is 6.92 Å². The van der Waals surface area contributed by atoms with E-state index in [-0.39, 0.29) is 31.9 Å². The molecular weight excluding hydrogens is 288 g/mol. The van der Waals surface area contributed by atoms with Gasteiger partial charge in [-0.05, 0) is 30.7 Å². The van der Waals surface area contributed by atoms with Crippen LogP contribution in [0.1, 0.15) is 12.6 Å². The third-order valence-corrected chi connectivity index (χ3v) is 2.41. The predicted molar refractivity (Wildman–Crippen MR) is 78.7 cm³/mol. The minimum absolute atomic E-state index is 0.0928. The maximum absolute atomic E-state index is 12.1. The zero-order chi connectivity index (χ0) is 16.2. The third kappa shape index (κ3) is 6.17. The van der Waals surface area contributed by atoms with E-state index in [0.717, 1.165) is 0 Å². The quantitative estimate of drug-likeness (QED) is 0.101. The Kier molecular flexibility index (Phi) is 7.96. The van der Waals surface area contributed by atoms with Crippen LogP contribution in [0.3, 0.4) is 0 Å². The van der Waals surface area contributed by atoms with Crippen molar-refractivity contribution in [2.24, 2.45) is 5.11 Å². The van der Waals surface area contributed by atoms with E-state index in [2.05, 4.69) is 15.0 Å². The molecule has 0 atom stereocenters. The van der Waals surface area contributed by atoms with Crippen molar-refractivity contribution in [3.8, 4) is 0 Å². The fraction of sp³-hybridized carbons (Fsp3) is 0.357. The Hall–Kier alpha value is -2.70. The maximum atomic E-state index is 12.1. The minimum Gasteiger partial charge on any atom is -0.462 e. The van der Waals surface area contributed by atoms with Gasteiger partial charge in [0.05, 0.1) is 18.9 Å². The smallest absolute Gasteiger partial charge is 0.341 e. The molecule has 0 bridgehead atoms. The lowest BCUT2D eigenvalue weighted by atomic mass is 10.1. The van der Waals surface area contributed by atoms with Gasteiger partial charge in [0.25, 0.3) is 0 Å². The Morgan fingerprint density at radius 3 is 2.91 bits per heavy atom. The van der Waals surface area contributed by atoms with Crippen molar-refractivity contribution in [3.05, 3.63) is 46.1 Å². The first kappa shape index (κ1) is 17.4. The van der Waals surface area contributed by atoms with Gasteiger partial charge in [-0.1, -0.05) is 11.2 Å². The first-order valence-electron chi connectivity index (χ1n) is 6.60. The first-order valence-corrected chi connectivity index (χ1v) is 6.60. The third-order valence-electron chi connectivity index (χ3n) is 2.41. The molecule has 0 radical (unpaired) electrons. The molecule has 0 aliphatic carbocycles. The van der Waals surface area contributed by atoms with Crippen LogP contribution in [0.4, 0.5) is 0 Å². The number of ether oxygens (including phenoxy) is 2. The molecule has 0 aliphatic heterocycles. The molecule has 1 heterocycles. The minimum atomic E-state index is -0.725. The Morgan fingerprint density at radius 1 is 1.45 bits per heavy atom. The number of esters is 1. The number of carbonyl (C=O) groups excluding carboxylic acids is 2. The second-order valence-electron chi connectivity index (χ2n) is 3.96. The zero-order valence-electron chi connectivity index (χ0n) is 12.1. The zero-order valence-corrected chi connectivity index (χ0v) is 12.1. The van der Waals surface area contributed by atoms with Gasteiger partial charge in [0.2, 0.25) is 0 Å². The Bertz CT molecular complexity index is 580. The largest absolute Gasteiger partial charge is 0.462 e. The summed E-state index contributed by atoms with van der Waals surface area (Å²) in [6, 6.07) is 5.12. The van der Waals surface area contributed by atoms with Gasteiger partial charge in [-0.2, -0.15) is 0 Å². The van der Waals surface area contributed by atoms with Crippen LogP contribution in [0.15, 0.2) is 35.1 Å². The summed E-state index contributed by atoms with van der Waals surface area (Å²) in [6.07, 6.45) is 2.91. The molecule has 116 valence electrons. The van der Waals surface area contributed by atoms with Crippen LogP contribution in [0.2, 0.25) is 0 Å². The molecule has 1 rings (SSSR count). The lowest BCUT2D eigenvalue weighted by Crippen LogP contribution is -2.20. The molecule has 0 aliphatic rings. The van der Waals surface area contributed by atoms with Crippen LogP contribution in [0, 0.1) is 0 Å². The summed E-state index contributed by atoms with van der Waals surface area (Å²) >= 11 is 0. The Balaban J connectivity index is 2.77. The molecule has 0 saturated carbocycles. The molecular formula is C14H16N4O4. The van der Waals surface area contributed by atoms with Crippen molar-refractivity contribution < 1.29 is 19.1 Å². The highest BCUT2D eigenvalue weighted by Crippen LogP contribution is 2.08. The highest BCUT2D eigenvalue weighted by molar-refractivity contribution is 6.21. The summed E-state index contributed by atoms with van der Waals surface area (Å²) in [6.45, 7) is 1.71. The number of aromatic nitrogens is 1. The fourth-order valence-electron chi connectivity index (χ4n) is 1.46. The van der Waals surface area contributed by atoms with Gasteiger partial charge in [0, 0.05) is 17.7 Å². The summed E-state index contributed by atoms with van der Waals surface area (Å²) in [5, 5.41) is 3.27. The van der Waals surface area contributed by atoms with Crippen molar-refractivity contribution in [1.29, 1.82) is 0 Å². The number of azide groups is 1. The molecule has 1 aromatic rings. The number of hydrogen-bond acceptors (Lipinski definition) is 6. The number of carbonyl (C=O) groups is 2. The fourth-order valence-corrected chi connectivity index (χ4v) is 1.46. The van der Waals surface area contributed by atoms with E-state index in [4.69, 9.17) is 15.0 Å². The van der Waals surface area contributed by atoms with Gasteiger partial charge < -0.3 is 9.47 Å². The van der Waals surface area contributed by atoms with Gasteiger partial charge in [-0.25, -0.2) is 4.79 Å². The average Bonchev–Trinajstić information content (AvgIpc) is 2.53. The van der Waals surface area contributed by atoms with E-state index in [1.807, 2.05) is 0 Å². The molecule has 1 aromatic heterocycles. The van der Waals surface area contributed by atoms with Crippen molar-refractivity contribution in [3.63, 3.8) is 0 Å². The average molecular weight is 304 g/mol. The Labute approximate surface area is 127 Å². The number of rotatable bonds is 9. The molecule has 22 heavy (non-hydrogen) atoms. The molecule has 0 amide bonds. The first-order chi connectivity index (χ1) is 10.7.